The Hall–Kier alpha value is -2.88. The number of nitrogens with one attached hydrogen (secondary N) is 1. The van der Waals surface area contributed by atoms with Gasteiger partial charge in [0.25, 0.3) is 0 Å². The summed E-state index contributed by atoms with van der Waals surface area (Å²) in [7, 11) is 0. The molecule has 4 nitrogen and oxygen atoms in total. The lowest BCUT2D eigenvalue weighted by atomic mass is 10.1. The second-order valence-electron chi connectivity index (χ2n) is 6.18. The van der Waals surface area contributed by atoms with Gasteiger partial charge in [-0.05, 0) is 19.4 Å². The molecule has 1 amide bonds. The van der Waals surface area contributed by atoms with E-state index in [-0.39, 0.29) is 11.9 Å². The van der Waals surface area contributed by atoms with Crippen molar-refractivity contribution in [1.29, 1.82) is 0 Å². The van der Waals surface area contributed by atoms with Crippen LogP contribution < -0.4 is 5.32 Å². The molecule has 0 radical (unpaired) electrons. The van der Waals surface area contributed by atoms with Gasteiger partial charge in [-0.15, -0.1) is 0 Å². The number of oxazole rings is 1. The van der Waals surface area contributed by atoms with Crippen LogP contribution in [-0.4, -0.2) is 10.9 Å². The second-order valence-corrected chi connectivity index (χ2v) is 6.18. The van der Waals surface area contributed by atoms with E-state index in [2.05, 4.69) is 22.4 Å². The van der Waals surface area contributed by atoms with Crippen LogP contribution in [0, 0.1) is 6.92 Å². The highest BCUT2D eigenvalue weighted by atomic mass is 16.4. The fourth-order valence-corrected chi connectivity index (χ4v) is 2.63. The van der Waals surface area contributed by atoms with E-state index >= 15 is 0 Å². The molecule has 1 atom stereocenters. The predicted molar refractivity (Wildman–Crippen MR) is 98.0 cm³/mol. The molecule has 0 saturated heterocycles. The van der Waals surface area contributed by atoms with E-state index in [1.807, 2.05) is 56.3 Å². The lowest BCUT2D eigenvalue weighted by Gasteiger charge is -2.14. The number of hydrogen-bond acceptors (Lipinski definition) is 3. The van der Waals surface area contributed by atoms with Crippen molar-refractivity contribution < 1.29 is 9.21 Å². The van der Waals surface area contributed by atoms with Gasteiger partial charge in [0.2, 0.25) is 5.91 Å². The van der Waals surface area contributed by atoms with Gasteiger partial charge in [0, 0.05) is 18.4 Å². The summed E-state index contributed by atoms with van der Waals surface area (Å²) in [4.78, 5) is 16.4. The van der Waals surface area contributed by atoms with Crippen LogP contribution in [0.3, 0.4) is 0 Å². The van der Waals surface area contributed by atoms with Crippen LogP contribution in [0.5, 0.6) is 0 Å². The summed E-state index contributed by atoms with van der Waals surface area (Å²) in [5.41, 5.74) is 3.29. The Bertz CT molecular complexity index is 823. The van der Waals surface area contributed by atoms with E-state index in [0.29, 0.717) is 18.7 Å². The van der Waals surface area contributed by atoms with Gasteiger partial charge in [0.15, 0.2) is 11.7 Å². The minimum atomic E-state index is -0.0162. The van der Waals surface area contributed by atoms with E-state index < -0.39 is 0 Å². The van der Waals surface area contributed by atoms with Gasteiger partial charge in [0.1, 0.15) is 0 Å². The van der Waals surface area contributed by atoms with Crippen molar-refractivity contribution in [3.63, 3.8) is 0 Å². The maximum absolute atomic E-state index is 12.2. The van der Waals surface area contributed by atoms with Gasteiger partial charge >= 0.3 is 0 Å². The smallest absolute Gasteiger partial charge is 0.220 e. The first-order valence-corrected chi connectivity index (χ1v) is 8.48. The highest BCUT2D eigenvalue weighted by molar-refractivity contribution is 5.76. The molecule has 1 unspecified atom stereocenters. The largest absolute Gasteiger partial charge is 0.441 e. The van der Waals surface area contributed by atoms with Gasteiger partial charge in [-0.25, -0.2) is 4.98 Å². The van der Waals surface area contributed by atoms with E-state index in [1.165, 1.54) is 5.56 Å². The number of carbonyl (C=O) groups is 1. The molecule has 0 aliphatic rings. The third kappa shape index (κ3) is 4.57. The molecular formula is C21H22N2O2. The molecule has 1 N–H and O–H groups in total. The summed E-state index contributed by atoms with van der Waals surface area (Å²) < 4.78 is 5.73. The molecule has 1 aromatic heterocycles. The molecule has 0 aliphatic heterocycles. The van der Waals surface area contributed by atoms with Gasteiger partial charge in [0.05, 0.1) is 12.2 Å². The Morgan fingerprint density at radius 3 is 2.56 bits per heavy atom. The van der Waals surface area contributed by atoms with Crippen LogP contribution in [0.15, 0.2) is 65.2 Å². The minimum absolute atomic E-state index is 0.00691. The molecule has 0 fully saturated rings. The monoisotopic (exact) mass is 334 g/mol. The van der Waals surface area contributed by atoms with Crippen LogP contribution >= 0.6 is 0 Å². The number of amides is 1. The zero-order chi connectivity index (χ0) is 17.6. The van der Waals surface area contributed by atoms with E-state index in [0.717, 1.165) is 16.9 Å². The predicted octanol–water partition coefficient (Wildman–Crippen LogP) is 4.46. The zero-order valence-electron chi connectivity index (χ0n) is 14.5. The van der Waals surface area contributed by atoms with Crippen molar-refractivity contribution >= 4 is 5.91 Å². The van der Waals surface area contributed by atoms with Crippen molar-refractivity contribution in [3.8, 4) is 11.3 Å². The average Bonchev–Trinajstić information content (AvgIpc) is 3.10. The standard InChI is InChI=1S/C21H22N2O2/c1-15-8-10-17(11-9-15)16(2)23-20(24)12-13-21-22-14-19(25-21)18-6-4-3-5-7-18/h3-11,14,16H,12-13H2,1-2H3,(H,23,24). The van der Waals surface area contributed by atoms with Crippen molar-refractivity contribution in [3.05, 3.63) is 77.8 Å². The fourth-order valence-electron chi connectivity index (χ4n) is 2.63. The van der Waals surface area contributed by atoms with E-state index in [4.69, 9.17) is 4.42 Å². The fraction of sp³-hybridized carbons (Fsp3) is 0.238. The molecule has 3 aromatic rings. The van der Waals surface area contributed by atoms with Crippen molar-refractivity contribution in [1.82, 2.24) is 10.3 Å². The Morgan fingerprint density at radius 2 is 1.84 bits per heavy atom. The Morgan fingerprint density at radius 1 is 1.12 bits per heavy atom. The Kier molecular flexibility index (Phi) is 5.29. The van der Waals surface area contributed by atoms with Crippen molar-refractivity contribution in [2.75, 3.05) is 0 Å². The number of benzene rings is 2. The van der Waals surface area contributed by atoms with Crippen LogP contribution in [-0.2, 0) is 11.2 Å². The first-order valence-electron chi connectivity index (χ1n) is 8.48. The molecule has 2 aromatic carbocycles. The van der Waals surface area contributed by atoms with Crippen LogP contribution in [0.2, 0.25) is 0 Å². The highest BCUT2D eigenvalue weighted by Crippen LogP contribution is 2.20. The highest BCUT2D eigenvalue weighted by Gasteiger charge is 2.12. The first kappa shape index (κ1) is 17.0. The number of hydrogen-bond donors (Lipinski definition) is 1. The van der Waals surface area contributed by atoms with Crippen LogP contribution in [0.1, 0.15) is 36.4 Å². The normalized spacial score (nSPS) is 11.9. The minimum Gasteiger partial charge on any atom is -0.441 e. The molecule has 0 bridgehead atoms. The summed E-state index contributed by atoms with van der Waals surface area (Å²) in [6.07, 6.45) is 2.54. The first-order chi connectivity index (χ1) is 12.1. The number of aromatic nitrogens is 1. The SMILES string of the molecule is Cc1ccc(C(C)NC(=O)CCc2ncc(-c3ccccc3)o2)cc1. The second kappa shape index (κ2) is 7.79. The molecule has 25 heavy (non-hydrogen) atoms. The van der Waals surface area contributed by atoms with E-state index in [1.54, 1.807) is 6.20 Å². The Balaban J connectivity index is 1.52. The average molecular weight is 334 g/mol. The molecule has 1 heterocycles. The van der Waals surface area contributed by atoms with E-state index in [9.17, 15) is 4.79 Å². The molecule has 128 valence electrons. The molecule has 3 rings (SSSR count). The van der Waals surface area contributed by atoms with Gasteiger partial charge in [-0.3, -0.25) is 4.79 Å². The van der Waals surface area contributed by atoms with Crippen LogP contribution in [0.25, 0.3) is 11.3 Å². The van der Waals surface area contributed by atoms with Crippen molar-refractivity contribution in [2.24, 2.45) is 0 Å². The molecule has 0 saturated carbocycles. The maximum Gasteiger partial charge on any atom is 0.220 e. The zero-order valence-corrected chi connectivity index (χ0v) is 14.5. The molecule has 0 spiro atoms. The third-order valence-electron chi connectivity index (χ3n) is 4.13. The lowest BCUT2D eigenvalue weighted by Crippen LogP contribution is -2.26. The topological polar surface area (TPSA) is 55.1 Å². The van der Waals surface area contributed by atoms with Crippen molar-refractivity contribution in [2.45, 2.75) is 32.7 Å². The molecular weight excluding hydrogens is 312 g/mol. The summed E-state index contributed by atoms with van der Waals surface area (Å²) >= 11 is 0. The summed E-state index contributed by atoms with van der Waals surface area (Å²) in [5, 5.41) is 3.02. The van der Waals surface area contributed by atoms with Gasteiger partial charge < -0.3 is 9.73 Å². The number of aryl methyl sites for hydroxylation is 2. The summed E-state index contributed by atoms with van der Waals surface area (Å²) in [6, 6.07) is 18.0. The quantitative estimate of drug-likeness (QED) is 0.724. The number of nitrogens with zero attached hydrogens (tertiary/aromatic N) is 1. The van der Waals surface area contributed by atoms with Gasteiger partial charge in [-0.2, -0.15) is 0 Å². The summed E-state index contributed by atoms with van der Waals surface area (Å²) in [5.74, 6) is 1.30. The number of rotatable bonds is 6. The maximum atomic E-state index is 12.2. The third-order valence-corrected chi connectivity index (χ3v) is 4.13. The van der Waals surface area contributed by atoms with Gasteiger partial charge in [-0.1, -0.05) is 60.2 Å². The Labute approximate surface area is 147 Å². The lowest BCUT2D eigenvalue weighted by molar-refractivity contribution is -0.121. The summed E-state index contributed by atoms with van der Waals surface area (Å²) in [6.45, 7) is 4.04. The molecule has 0 aliphatic carbocycles. The number of carbonyl (C=O) groups excluding carboxylic acids is 1. The molecule has 4 heteroatoms. The van der Waals surface area contributed by atoms with Crippen LogP contribution in [0.4, 0.5) is 0 Å².